The van der Waals surface area contributed by atoms with Crippen molar-refractivity contribution in [2.75, 3.05) is 6.54 Å². The lowest BCUT2D eigenvalue weighted by Gasteiger charge is -2.13. The molecule has 0 aliphatic heterocycles. The first-order valence-electron chi connectivity index (χ1n) is 5.22. The van der Waals surface area contributed by atoms with Crippen molar-refractivity contribution < 1.29 is 0 Å². The summed E-state index contributed by atoms with van der Waals surface area (Å²) in [6.45, 7) is 9.80. The molecule has 0 amide bonds. The molecular formula is C11H20N2S. The zero-order valence-corrected chi connectivity index (χ0v) is 10.3. The van der Waals surface area contributed by atoms with Crippen molar-refractivity contribution in [2.45, 2.75) is 40.2 Å². The number of thiazole rings is 1. The molecule has 1 atom stereocenters. The van der Waals surface area contributed by atoms with Gasteiger partial charge in [-0.2, -0.15) is 0 Å². The van der Waals surface area contributed by atoms with Crippen LogP contribution >= 0.6 is 11.3 Å². The van der Waals surface area contributed by atoms with Gasteiger partial charge in [-0.15, -0.1) is 11.3 Å². The Balaban J connectivity index is 2.30. The van der Waals surface area contributed by atoms with Crippen LogP contribution in [0, 0.1) is 12.8 Å². The third-order valence-electron chi connectivity index (χ3n) is 2.09. The van der Waals surface area contributed by atoms with E-state index in [9.17, 15) is 0 Å². The number of aromatic nitrogens is 1. The van der Waals surface area contributed by atoms with Crippen molar-refractivity contribution >= 4 is 11.3 Å². The molecule has 2 nitrogen and oxygen atoms in total. The molecule has 0 saturated heterocycles. The van der Waals surface area contributed by atoms with Gasteiger partial charge in [0.2, 0.25) is 0 Å². The molecule has 0 fully saturated rings. The van der Waals surface area contributed by atoms with E-state index in [1.165, 1.54) is 9.88 Å². The molecule has 1 unspecified atom stereocenters. The Morgan fingerprint density at radius 3 is 2.64 bits per heavy atom. The summed E-state index contributed by atoms with van der Waals surface area (Å²) in [5, 5.41) is 4.63. The smallest absolute Gasteiger partial charge is 0.0896 e. The van der Waals surface area contributed by atoms with Crippen LogP contribution in [0.1, 0.15) is 30.7 Å². The van der Waals surface area contributed by atoms with E-state index in [4.69, 9.17) is 0 Å². The summed E-state index contributed by atoms with van der Waals surface area (Å²) in [6, 6.07) is 0.584. The average Bonchev–Trinajstić information content (AvgIpc) is 2.48. The Bertz CT molecular complexity index is 268. The summed E-state index contributed by atoms with van der Waals surface area (Å²) in [5.41, 5.74) is 0. The predicted octanol–water partition coefficient (Wildman–Crippen LogP) is 2.63. The fourth-order valence-electron chi connectivity index (χ4n) is 1.35. The molecule has 80 valence electrons. The molecule has 1 aromatic rings. The van der Waals surface area contributed by atoms with E-state index in [2.05, 4.69) is 38.0 Å². The molecule has 0 bridgehead atoms. The van der Waals surface area contributed by atoms with E-state index in [0.29, 0.717) is 12.0 Å². The lowest BCUT2D eigenvalue weighted by molar-refractivity contribution is 0.478. The summed E-state index contributed by atoms with van der Waals surface area (Å²) in [6.07, 6.45) is 3.15. The molecule has 0 radical (unpaired) electrons. The van der Waals surface area contributed by atoms with Crippen LogP contribution in [0.3, 0.4) is 0 Å². The first-order chi connectivity index (χ1) is 6.58. The van der Waals surface area contributed by atoms with Gasteiger partial charge in [-0.1, -0.05) is 20.8 Å². The lowest BCUT2D eigenvalue weighted by atomic mass is 10.1. The highest BCUT2D eigenvalue weighted by Crippen LogP contribution is 2.15. The Kier molecular flexibility index (Phi) is 4.55. The zero-order chi connectivity index (χ0) is 10.6. The van der Waals surface area contributed by atoms with Gasteiger partial charge in [-0.3, -0.25) is 0 Å². The van der Waals surface area contributed by atoms with Crippen molar-refractivity contribution in [1.82, 2.24) is 10.3 Å². The fourth-order valence-corrected chi connectivity index (χ4v) is 2.31. The molecular weight excluding hydrogens is 192 g/mol. The van der Waals surface area contributed by atoms with Gasteiger partial charge in [0.25, 0.3) is 0 Å². The van der Waals surface area contributed by atoms with E-state index in [0.717, 1.165) is 13.0 Å². The van der Waals surface area contributed by atoms with Gasteiger partial charge in [-0.25, -0.2) is 4.98 Å². The Morgan fingerprint density at radius 1 is 1.43 bits per heavy atom. The molecule has 14 heavy (non-hydrogen) atoms. The van der Waals surface area contributed by atoms with Crippen molar-refractivity contribution in [3.8, 4) is 0 Å². The minimum absolute atomic E-state index is 0.584. The molecule has 1 N–H and O–H groups in total. The second kappa shape index (κ2) is 5.47. The maximum Gasteiger partial charge on any atom is 0.0896 e. The zero-order valence-electron chi connectivity index (χ0n) is 9.50. The molecule has 3 heteroatoms. The van der Waals surface area contributed by atoms with E-state index in [1.807, 2.05) is 17.5 Å². The van der Waals surface area contributed by atoms with Crippen LogP contribution in [0.4, 0.5) is 0 Å². The quantitative estimate of drug-likeness (QED) is 0.811. The van der Waals surface area contributed by atoms with Crippen LogP contribution in [0.15, 0.2) is 6.20 Å². The third kappa shape index (κ3) is 4.20. The van der Waals surface area contributed by atoms with Crippen LogP contribution in [0.2, 0.25) is 0 Å². The highest BCUT2D eigenvalue weighted by Gasteiger charge is 2.06. The third-order valence-corrected chi connectivity index (χ3v) is 3.03. The monoisotopic (exact) mass is 212 g/mol. The minimum atomic E-state index is 0.584. The molecule has 1 aromatic heterocycles. The Hall–Kier alpha value is -0.410. The van der Waals surface area contributed by atoms with Gasteiger partial charge in [0, 0.05) is 17.1 Å². The van der Waals surface area contributed by atoms with Gasteiger partial charge in [0.05, 0.1) is 5.01 Å². The van der Waals surface area contributed by atoms with Crippen molar-refractivity contribution in [1.29, 1.82) is 0 Å². The van der Waals surface area contributed by atoms with Gasteiger partial charge in [0.1, 0.15) is 0 Å². The van der Waals surface area contributed by atoms with Crippen molar-refractivity contribution in [3.05, 3.63) is 16.1 Å². The normalized spacial score (nSPS) is 13.5. The van der Waals surface area contributed by atoms with Crippen LogP contribution in [0.5, 0.6) is 0 Å². The number of nitrogens with one attached hydrogen (secondary N) is 1. The first kappa shape index (κ1) is 11.7. The maximum absolute atomic E-state index is 4.26. The summed E-state index contributed by atoms with van der Waals surface area (Å²) in [4.78, 5) is 5.67. The molecule has 0 aliphatic rings. The van der Waals surface area contributed by atoms with E-state index >= 15 is 0 Å². The number of nitrogens with zero attached hydrogens (tertiary/aromatic N) is 1. The van der Waals surface area contributed by atoms with Crippen LogP contribution in [0.25, 0.3) is 0 Å². The minimum Gasteiger partial charge on any atom is -0.314 e. The standard InChI is InChI=1S/C11H20N2S/c1-8(2)12-6-9(3)5-11-7-13-10(4)14-11/h7-9,12H,5-6H2,1-4H3. The molecule has 1 rings (SSSR count). The Morgan fingerprint density at radius 2 is 2.14 bits per heavy atom. The average molecular weight is 212 g/mol. The number of aryl methyl sites for hydroxylation is 1. The van der Waals surface area contributed by atoms with Crippen molar-refractivity contribution in [3.63, 3.8) is 0 Å². The van der Waals surface area contributed by atoms with Crippen LogP contribution < -0.4 is 5.32 Å². The number of rotatable bonds is 5. The number of hydrogen-bond acceptors (Lipinski definition) is 3. The first-order valence-corrected chi connectivity index (χ1v) is 6.04. The molecule has 0 spiro atoms. The molecule has 0 aromatic carbocycles. The second-order valence-electron chi connectivity index (χ2n) is 4.22. The van der Waals surface area contributed by atoms with E-state index < -0.39 is 0 Å². The van der Waals surface area contributed by atoms with Gasteiger partial charge >= 0.3 is 0 Å². The van der Waals surface area contributed by atoms with Gasteiger partial charge in [-0.05, 0) is 25.8 Å². The van der Waals surface area contributed by atoms with Crippen molar-refractivity contribution in [2.24, 2.45) is 5.92 Å². The largest absolute Gasteiger partial charge is 0.314 e. The van der Waals surface area contributed by atoms with Gasteiger partial charge < -0.3 is 5.32 Å². The van der Waals surface area contributed by atoms with Crippen LogP contribution in [-0.2, 0) is 6.42 Å². The summed E-state index contributed by atoms with van der Waals surface area (Å²) >= 11 is 1.81. The SMILES string of the molecule is Cc1ncc(CC(C)CNC(C)C)s1. The van der Waals surface area contributed by atoms with E-state index in [-0.39, 0.29) is 0 Å². The van der Waals surface area contributed by atoms with Crippen LogP contribution in [-0.4, -0.2) is 17.6 Å². The maximum atomic E-state index is 4.26. The molecule has 1 heterocycles. The lowest BCUT2D eigenvalue weighted by Crippen LogP contribution is -2.28. The van der Waals surface area contributed by atoms with Gasteiger partial charge in [0.15, 0.2) is 0 Å². The second-order valence-corrected chi connectivity index (χ2v) is 5.54. The molecule has 0 aliphatic carbocycles. The summed E-state index contributed by atoms with van der Waals surface area (Å²) in [5.74, 6) is 0.692. The highest BCUT2D eigenvalue weighted by atomic mass is 32.1. The fraction of sp³-hybridized carbons (Fsp3) is 0.727. The Labute approximate surface area is 90.8 Å². The van der Waals surface area contributed by atoms with E-state index in [1.54, 1.807) is 0 Å². The molecule has 0 saturated carbocycles. The highest BCUT2D eigenvalue weighted by molar-refractivity contribution is 7.11. The summed E-state index contributed by atoms with van der Waals surface area (Å²) < 4.78 is 0. The summed E-state index contributed by atoms with van der Waals surface area (Å²) in [7, 11) is 0. The number of hydrogen-bond donors (Lipinski definition) is 1. The topological polar surface area (TPSA) is 24.9 Å². The predicted molar refractivity (Wildman–Crippen MR) is 62.9 cm³/mol.